The zero-order valence-electron chi connectivity index (χ0n) is 10.4. The molecule has 0 saturated carbocycles. The van der Waals surface area contributed by atoms with Gasteiger partial charge in [-0.05, 0) is 23.9 Å². The van der Waals surface area contributed by atoms with Crippen molar-refractivity contribution in [2.45, 2.75) is 19.8 Å². The van der Waals surface area contributed by atoms with Crippen molar-refractivity contribution in [1.82, 2.24) is 15.0 Å². The predicted molar refractivity (Wildman–Crippen MR) is 74.6 cm³/mol. The third kappa shape index (κ3) is 2.33. The molecule has 19 heavy (non-hydrogen) atoms. The first kappa shape index (κ1) is 12.2. The van der Waals surface area contributed by atoms with E-state index in [1.54, 1.807) is 17.5 Å². The molecular formula is C14H12FN3S. The summed E-state index contributed by atoms with van der Waals surface area (Å²) in [5.41, 5.74) is 2.56. The lowest BCUT2D eigenvalue weighted by atomic mass is 10.2. The zero-order valence-corrected chi connectivity index (χ0v) is 11.2. The Bertz CT molecular complexity index is 724. The molecule has 0 saturated heterocycles. The highest BCUT2D eigenvalue weighted by atomic mass is 32.1. The average Bonchev–Trinajstić information content (AvgIpc) is 2.87. The summed E-state index contributed by atoms with van der Waals surface area (Å²) in [4.78, 5) is 12.9. The van der Waals surface area contributed by atoms with Gasteiger partial charge in [-0.2, -0.15) is 0 Å². The molecule has 0 aliphatic rings. The molecule has 0 amide bonds. The van der Waals surface area contributed by atoms with Gasteiger partial charge in [0.15, 0.2) is 5.82 Å². The molecule has 0 bridgehead atoms. The number of pyridine rings is 1. The van der Waals surface area contributed by atoms with Gasteiger partial charge in [-0.15, -0.1) is 11.3 Å². The van der Waals surface area contributed by atoms with Crippen LogP contribution < -0.4 is 0 Å². The number of aromatic nitrogens is 3. The van der Waals surface area contributed by atoms with Crippen LogP contribution in [0, 0.1) is 5.82 Å². The molecule has 3 aromatic heterocycles. The van der Waals surface area contributed by atoms with Crippen molar-refractivity contribution in [3.05, 3.63) is 41.4 Å². The van der Waals surface area contributed by atoms with Gasteiger partial charge in [0.05, 0.1) is 22.1 Å². The van der Waals surface area contributed by atoms with Gasteiger partial charge in [0.1, 0.15) is 5.82 Å². The van der Waals surface area contributed by atoms with E-state index in [0.717, 1.165) is 28.8 Å². The number of fused-ring (bicyclic) bond motifs is 1. The molecule has 0 aromatic carbocycles. The van der Waals surface area contributed by atoms with Crippen molar-refractivity contribution >= 4 is 21.6 Å². The maximum absolute atomic E-state index is 13.2. The fraction of sp³-hybridized carbons (Fsp3) is 0.214. The van der Waals surface area contributed by atoms with Gasteiger partial charge in [-0.3, -0.25) is 4.98 Å². The lowest BCUT2D eigenvalue weighted by Gasteiger charge is -2.05. The Kier molecular flexibility index (Phi) is 3.21. The van der Waals surface area contributed by atoms with Gasteiger partial charge in [0.25, 0.3) is 0 Å². The van der Waals surface area contributed by atoms with Crippen LogP contribution in [-0.4, -0.2) is 15.0 Å². The molecule has 0 aliphatic carbocycles. The lowest BCUT2D eigenvalue weighted by Crippen LogP contribution is -1.97. The van der Waals surface area contributed by atoms with E-state index in [1.165, 1.54) is 12.3 Å². The van der Waals surface area contributed by atoms with Crippen LogP contribution in [-0.2, 0) is 6.42 Å². The molecule has 0 radical (unpaired) electrons. The van der Waals surface area contributed by atoms with Crippen LogP contribution in [0.1, 0.15) is 19.0 Å². The van der Waals surface area contributed by atoms with E-state index in [9.17, 15) is 4.39 Å². The second-order valence-electron chi connectivity index (χ2n) is 4.27. The molecule has 3 aromatic rings. The SMILES string of the molecule is CCCc1nc(-c2cncc(F)c2)nc2ccsc12. The van der Waals surface area contributed by atoms with Crippen molar-refractivity contribution in [3.63, 3.8) is 0 Å². The van der Waals surface area contributed by atoms with Gasteiger partial charge in [-0.25, -0.2) is 14.4 Å². The summed E-state index contributed by atoms with van der Waals surface area (Å²) >= 11 is 1.65. The first-order valence-electron chi connectivity index (χ1n) is 6.13. The van der Waals surface area contributed by atoms with E-state index in [0.29, 0.717) is 11.4 Å². The Morgan fingerprint density at radius 1 is 1.26 bits per heavy atom. The minimum Gasteiger partial charge on any atom is -0.261 e. The minimum atomic E-state index is -0.372. The van der Waals surface area contributed by atoms with Gasteiger partial charge < -0.3 is 0 Å². The van der Waals surface area contributed by atoms with Crippen molar-refractivity contribution < 1.29 is 4.39 Å². The number of aryl methyl sites for hydroxylation is 1. The lowest BCUT2D eigenvalue weighted by molar-refractivity contribution is 0.622. The highest BCUT2D eigenvalue weighted by Gasteiger charge is 2.10. The van der Waals surface area contributed by atoms with Crippen molar-refractivity contribution in [2.24, 2.45) is 0 Å². The number of thiophene rings is 1. The number of rotatable bonds is 3. The highest BCUT2D eigenvalue weighted by Crippen LogP contribution is 2.26. The van der Waals surface area contributed by atoms with Gasteiger partial charge in [0, 0.05) is 11.8 Å². The summed E-state index contributed by atoms with van der Waals surface area (Å²) in [5.74, 6) is 0.171. The predicted octanol–water partition coefficient (Wildman–Crippen LogP) is 3.84. The molecule has 5 heteroatoms. The van der Waals surface area contributed by atoms with E-state index >= 15 is 0 Å². The fourth-order valence-corrected chi connectivity index (χ4v) is 2.84. The summed E-state index contributed by atoms with van der Waals surface area (Å²) in [5, 5.41) is 2.01. The summed E-state index contributed by atoms with van der Waals surface area (Å²) < 4.78 is 14.4. The smallest absolute Gasteiger partial charge is 0.161 e. The molecule has 3 rings (SSSR count). The quantitative estimate of drug-likeness (QED) is 0.727. The van der Waals surface area contributed by atoms with Crippen molar-refractivity contribution in [2.75, 3.05) is 0 Å². The molecule has 0 N–H and O–H groups in total. The molecule has 0 fully saturated rings. The molecule has 96 valence electrons. The zero-order chi connectivity index (χ0) is 13.2. The second kappa shape index (κ2) is 5.01. The third-order valence-electron chi connectivity index (χ3n) is 2.82. The first-order valence-corrected chi connectivity index (χ1v) is 7.01. The van der Waals surface area contributed by atoms with Gasteiger partial charge in [-0.1, -0.05) is 13.3 Å². The summed E-state index contributed by atoms with van der Waals surface area (Å²) in [6.07, 6.45) is 4.69. The van der Waals surface area contributed by atoms with Crippen molar-refractivity contribution in [1.29, 1.82) is 0 Å². The second-order valence-corrected chi connectivity index (χ2v) is 5.19. The van der Waals surface area contributed by atoms with Crippen LogP contribution in [0.5, 0.6) is 0 Å². The molecule has 0 spiro atoms. The van der Waals surface area contributed by atoms with E-state index in [4.69, 9.17) is 0 Å². The molecule has 3 heterocycles. The Balaban J connectivity index is 2.18. The standard InChI is InChI=1S/C14H12FN3S/c1-2-3-11-13-12(4-5-19-13)18-14(17-11)9-6-10(15)8-16-7-9/h4-8H,2-3H2,1H3. The van der Waals surface area contributed by atoms with Crippen LogP contribution in [0.25, 0.3) is 21.6 Å². The Morgan fingerprint density at radius 3 is 2.95 bits per heavy atom. The molecular weight excluding hydrogens is 261 g/mol. The number of hydrogen-bond donors (Lipinski definition) is 0. The third-order valence-corrected chi connectivity index (χ3v) is 3.78. The maximum atomic E-state index is 13.2. The molecule has 3 nitrogen and oxygen atoms in total. The normalized spacial score (nSPS) is 11.1. The fourth-order valence-electron chi connectivity index (χ4n) is 1.99. The Morgan fingerprint density at radius 2 is 2.16 bits per heavy atom. The maximum Gasteiger partial charge on any atom is 0.161 e. The van der Waals surface area contributed by atoms with Gasteiger partial charge >= 0.3 is 0 Å². The summed E-state index contributed by atoms with van der Waals surface area (Å²) in [6, 6.07) is 3.38. The minimum absolute atomic E-state index is 0.372. The average molecular weight is 273 g/mol. The summed E-state index contributed by atoms with van der Waals surface area (Å²) in [7, 11) is 0. The largest absolute Gasteiger partial charge is 0.261 e. The van der Waals surface area contributed by atoms with E-state index in [-0.39, 0.29) is 5.82 Å². The van der Waals surface area contributed by atoms with Crippen LogP contribution >= 0.6 is 11.3 Å². The number of hydrogen-bond acceptors (Lipinski definition) is 4. The van der Waals surface area contributed by atoms with E-state index < -0.39 is 0 Å². The summed E-state index contributed by atoms with van der Waals surface area (Å²) in [6.45, 7) is 2.12. The van der Waals surface area contributed by atoms with Crippen LogP contribution in [0.15, 0.2) is 29.9 Å². The van der Waals surface area contributed by atoms with Crippen LogP contribution in [0.4, 0.5) is 4.39 Å². The highest BCUT2D eigenvalue weighted by molar-refractivity contribution is 7.17. The van der Waals surface area contributed by atoms with Crippen LogP contribution in [0.2, 0.25) is 0 Å². The number of nitrogens with zero attached hydrogens (tertiary/aromatic N) is 3. The number of halogens is 1. The molecule has 0 aliphatic heterocycles. The topological polar surface area (TPSA) is 38.7 Å². The van der Waals surface area contributed by atoms with E-state index in [2.05, 4.69) is 21.9 Å². The van der Waals surface area contributed by atoms with Crippen LogP contribution in [0.3, 0.4) is 0 Å². The van der Waals surface area contributed by atoms with Crippen molar-refractivity contribution in [3.8, 4) is 11.4 Å². The Hall–Kier alpha value is -1.88. The first-order chi connectivity index (χ1) is 9.28. The van der Waals surface area contributed by atoms with E-state index in [1.807, 2.05) is 11.4 Å². The Labute approximate surface area is 114 Å². The molecule has 0 unspecified atom stereocenters. The monoisotopic (exact) mass is 273 g/mol. The van der Waals surface area contributed by atoms with Gasteiger partial charge in [0.2, 0.25) is 0 Å². The molecule has 0 atom stereocenters.